The Labute approximate surface area is 92.4 Å². The first-order valence-electron chi connectivity index (χ1n) is 5.68. The minimum absolute atomic E-state index is 0.199. The number of nitrogens with zero attached hydrogens (tertiary/aromatic N) is 2. The molecule has 0 radical (unpaired) electrons. The molecule has 1 saturated carbocycles. The maximum atomic E-state index is 11.8. The number of rotatable bonds is 6. The summed E-state index contributed by atoms with van der Waals surface area (Å²) in [5.74, 6) is 0.959. The zero-order valence-electron chi connectivity index (χ0n) is 10.1. The van der Waals surface area contributed by atoms with E-state index in [0.29, 0.717) is 13.1 Å². The number of hydrogen-bond donors (Lipinski definition) is 1. The average molecular weight is 213 g/mol. The van der Waals surface area contributed by atoms with Gasteiger partial charge < -0.3 is 10.6 Å². The third kappa shape index (κ3) is 4.18. The quantitative estimate of drug-likeness (QED) is 0.682. The van der Waals surface area contributed by atoms with Crippen molar-refractivity contribution in [3.8, 4) is 0 Å². The highest BCUT2D eigenvalue weighted by Gasteiger charge is 2.25. The molecule has 1 unspecified atom stereocenters. The van der Waals surface area contributed by atoms with Crippen LogP contribution in [-0.2, 0) is 4.79 Å². The van der Waals surface area contributed by atoms with Crippen LogP contribution in [0.15, 0.2) is 0 Å². The molecule has 0 bridgehead atoms. The Balaban J connectivity index is 2.26. The molecule has 0 aromatic heterocycles. The summed E-state index contributed by atoms with van der Waals surface area (Å²) in [7, 11) is 3.84. The normalized spacial score (nSPS) is 17.9. The van der Waals surface area contributed by atoms with E-state index in [1.807, 2.05) is 30.8 Å². The van der Waals surface area contributed by atoms with Gasteiger partial charge >= 0.3 is 0 Å². The van der Waals surface area contributed by atoms with Gasteiger partial charge in [0.2, 0.25) is 5.91 Å². The molecular weight excluding hydrogens is 190 g/mol. The summed E-state index contributed by atoms with van der Waals surface area (Å²) < 4.78 is 0. The highest BCUT2D eigenvalue weighted by Crippen LogP contribution is 2.29. The number of nitrogens with two attached hydrogens (primary N) is 1. The molecule has 2 N–H and O–H groups in total. The second-order valence-electron chi connectivity index (χ2n) is 4.72. The van der Waals surface area contributed by atoms with E-state index in [1.165, 1.54) is 12.8 Å². The molecule has 1 aliphatic carbocycles. The van der Waals surface area contributed by atoms with E-state index < -0.39 is 0 Å². The van der Waals surface area contributed by atoms with Crippen LogP contribution in [0.2, 0.25) is 0 Å². The fourth-order valence-electron chi connectivity index (χ4n) is 1.46. The van der Waals surface area contributed by atoms with Crippen LogP contribution in [0.5, 0.6) is 0 Å². The van der Waals surface area contributed by atoms with Crippen LogP contribution in [0.3, 0.4) is 0 Å². The minimum atomic E-state index is 0.199. The lowest BCUT2D eigenvalue weighted by molar-refractivity contribution is -0.131. The predicted octanol–water partition coefficient (Wildman–Crippen LogP) is 0.134. The van der Waals surface area contributed by atoms with Gasteiger partial charge in [-0.1, -0.05) is 0 Å². The third-order valence-electron chi connectivity index (χ3n) is 3.13. The highest BCUT2D eigenvalue weighted by molar-refractivity contribution is 5.78. The Bertz CT molecular complexity index is 216. The first-order valence-corrected chi connectivity index (χ1v) is 5.68. The zero-order chi connectivity index (χ0) is 11.4. The molecule has 4 heteroatoms. The molecule has 4 nitrogen and oxygen atoms in total. The monoisotopic (exact) mass is 213 g/mol. The van der Waals surface area contributed by atoms with Gasteiger partial charge in [-0.2, -0.15) is 0 Å². The fraction of sp³-hybridized carbons (Fsp3) is 0.909. The SMILES string of the molecule is CC(CN)N(C)CC(=O)N(C)CC1CC1. The second-order valence-corrected chi connectivity index (χ2v) is 4.72. The van der Waals surface area contributed by atoms with Gasteiger partial charge in [0.05, 0.1) is 6.54 Å². The number of carbonyl (C=O) groups excluding carboxylic acids is 1. The van der Waals surface area contributed by atoms with Crippen molar-refractivity contribution in [2.45, 2.75) is 25.8 Å². The zero-order valence-corrected chi connectivity index (χ0v) is 10.1. The van der Waals surface area contributed by atoms with Gasteiger partial charge in [-0.3, -0.25) is 9.69 Å². The van der Waals surface area contributed by atoms with Crippen molar-refractivity contribution in [2.75, 3.05) is 33.7 Å². The van der Waals surface area contributed by atoms with Crippen LogP contribution in [0.4, 0.5) is 0 Å². The molecule has 88 valence electrons. The molecule has 0 spiro atoms. The predicted molar refractivity (Wildman–Crippen MR) is 61.5 cm³/mol. The molecular formula is C11H23N3O. The van der Waals surface area contributed by atoms with E-state index in [-0.39, 0.29) is 11.9 Å². The van der Waals surface area contributed by atoms with Crippen molar-refractivity contribution < 1.29 is 4.79 Å². The third-order valence-corrected chi connectivity index (χ3v) is 3.13. The maximum absolute atomic E-state index is 11.8. The van der Waals surface area contributed by atoms with E-state index in [1.54, 1.807) is 0 Å². The van der Waals surface area contributed by atoms with Crippen LogP contribution in [0.25, 0.3) is 0 Å². The van der Waals surface area contributed by atoms with Gasteiger partial charge in [0.15, 0.2) is 0 Å². The van der Waals surface area contributed by atoms with Gasteiger partial charge in [0, 0.05) is 26.2 Å². The topological polar surface area (TPSA) is 49.6 Å². The molecule has 0 aliphatic heterocycles. The summed E-state index contributed by atoms with van der Waals surface area (Å²) in [5.41, 5.74) is 5.55. The Morgan fingerprint density at radius 3 is 2.53 bits per heavy atom. The van der Waals surface area contributed by atoms with E-state index >= 15 is 0 Å². The van der Waals surface area contributed by atoms with Crippen molar-refractivity contribution in [3.63, 3.8) is 0 Å². The molecule has 0 heterocycles. The van der Waals surface area contributed by atoms with Crippen molar-refractivity contribution >= 4 is 5.91 Å². The molecule has 15 heavy (non-hydrogen) atoms. The van der Waals surface area contributed by atoms with Crippen molar-refractivity contribution in [2.24, 2.45) is 11.7 Å². The second kappa shape index (κ2) is 5.47. The molecule has 1 atom stereocenters. The van der Waals surface area contributed by atoms with Crippen LogP contribution >= 0.6 is 0 Å². The Morgan fingerprint density at radius 1 is 1.47 bits per heavy atom. The first-order chi connectivity index (χ1) is 7.04. The molecule has 1 fully saturated rings. The van der Waals surface area contributed by atoms with Crippen LogP contribution in [-0.4, -0.2) is 55.5 Å². The molecule has 1 amide bonds. The van der Waals surface area contributed by atoms with Crippen molar-refractivity contribution in [1.29, 1.82) is 0 Å². The number of likely N-dealkylation sites (N-methyl/N-ethyl adjacent to an activating group) is 2. The summed E-state index contributed by atoms with van der Waals surface area (Å²) in [6, 6.07) is 0.267. The summed E-state index contributed by atoms with van der Waals surface area (Å²) in [5, 5.41) is 0. The largest absolute Gasteiger partial charge is 0.344 e. The van der Waals surface area contributed by atoms with Gasteiger partial charge in [0.25, 0.3) is 0 Å². The number of hydrogen-bond acceptors (Lipinski definition) is 3. The average Bonchev–Trinajstić information content (AvgIpc) is 3.00. The Morgan fingerprint density at radius 2 is 2.07 bits per heavy atom. The van der Waals surface area contributed by atoms with Gasteiger partial charge in [-0.15, -0.1) is 0 Å². The minimum Gasteiger partial charge on any atom is -0.344 e. The van der Waals surface area contributed by atoms with Gasteiger partial charge in [-0.25, -0.2) is 0 Å². The molecule has 1 aliphatic rings. The lowest BCUT2D eigenvalue weighted by Crippen LogP contribution is -2.43. The highest BCUT2D eigenvalue weighted by atomic mass is 16.2. The lowest BCUT2D eigenvalue weighted by Gasteiger charge is -2.25. The number of carbonyl (C=O) groups is 1. The van der Waals surface area contributed by atoms with Crippen LogP contribution < -0.4 is 5.73 Å². The molecule has 1 rings (SSSR count). The van der Waals surface area contributed by atoms with Crippen LogP contribution in [0, 0.1) is 5.92 Å². The van der Waals surface area contributed by atoms with E-state index in [0.717, 1.165) is 12.5 Å². The van der Waals surface area contributed by atoms with Crippen LogP contribution in [0.1, 0.15) is 19.8 Å². The smallest absolute Gasteiger partial charge is 0.236 e. The van der Waals surface area contributed by atoms with E-state index in [2.05, 4.69) is 0 Å². The van der Waals surface area contributed by atoms with Crippen molar-refractivity contribution in [3.05, 3.63) is 0 Å². The first kappa shape index (κ1) is 12.5. The van der Waals surface area contributed by atoms with Gasteiger partial charge in [-0.05, 0) is 32.7 Å². The Hall–Kier alpha value is -0.610. The Kier molecular flexibility index (Phi) is 4.54. The maximum Gasteiger partial charge on any atom is 0.236 e. The molecule has 0 saturated heterocycles. The van der Waals surface area contributed by atoms with Crippen molar-refractivity contribution in [1.82, 2.24) is 9.80 Å². The molecule has 0 aromatic carbocycles. The summed E-state index contributed by atoms with van der Waals surface area (Å²) in [6.07, 6.45) is 2.57. The standard InChI is InChI=1S/C11H23N3O/c1-9(6-12)13(2)8-11(15)14(3)7-10-4-5-10/h9-10H,4-8,12H2,1-3H3. The fourth-order valence-corrected chi connectivity index (χ4v) is 1.46. The molecule has 0 aromatic rings. The van der Waals surface area contributed by atoms with E-state index in [9.17, 15) is 4.79 Å². The van der Waals surface area contributed by atoms with E-state index in [4.69, 9.17) is 5.73 Å². The summed E-state index contributed by atoms with van der Waals surface area (Å²) in [4.78, 5) is 15.6. The number of amides is 1. The van der Waals surface area contributed by atoms with Gasteiger partial charge in [0.1, 0.15) is 0 Å². The summed E-state index contributed by atoms with van der Waals surface area (Å²) >= 11 is 0. The lowest BCUT2D eigenvalue weighted by atomic mass is 10.3. The summed E-state index contributed by atoms with van der Waals surface area (Å²) in [6.45, 7) is 4.02.